The zero-order valence-corrected chi connectivity index (χ0v) is 10.5. The Labute approximate surface area is 107 Å². The average molecular weight is 256 g/mol. The summed E-state index contributed by atoms with van der Waals surface area (Å²) in [7, 11) is 0. The first kappa shape index (κ1) is 12.7. The Morgan fingerprint density at radius 1 is 1.41 bits per heavy atom. The summed E-state index contributed by atoms with van der Waals surface area (Å²) in [5.74, 6) is 0.813. The molecule has 1 aromatic carbocycles. The van der Waals surface area contributed by atoms with E-state index in [4.69, 9.17) is 22.1 Å². The van der Waals surface area contributed by atoms with Crippen LogP contribution in [0.3, 0.4) is 0 Å². The summed E-state index contributed by atoms with van der Waals surface area (Å²) in [6, 6.07) is 3.72. The van der Waals surface area contributed by atoms with E-state index >= 15 is 0 Å². The van der Waals surface area contributed by atoms with Gasteiger partial charge in [-0.3, -0.25) is 0 Å². The van der Waals surface area contributed by atoms with E-state index in [2.05, 4.69) is 0 Å². The number of rotatable bonds is 3. The monoisotopic (exact) mass is 255 g/mol. The fraction of sp³-hybridized carbons (Fsp3) is 0.538. The molecule has 94 valence electrons. The topological polar surface area (TPSA) is 55.5 Å². The van der Waals surface area contributed by atoms with E-state index < -0.39 is 6.10 Å². The Morgan fingerprint density at radius 2 is 2.24 bits per heavy atom. The number of hydrogen-bond acceptors (Lipinski definition) is 3. The lowest BCUT2D eigenvalue weighted by atomic mass is 9.99. The van der Waals surface area contributed by atoms with Gasteiger partial charge in [-0.05, 0) is 49.9 Å². The number of benzene rings is 1. The van der Waals surface area contributed by atoms with Gasteiger partial charge in [-0.1, -0.05) is 11.6 Å². The fourth-order valence-electron chi connectivity index (χ4n) is 2.19. The number of halogens is 1. The van der Waals surface area contributed by atoms with Gasteiger partial charge in [0.1, 0.15) is 5.75 Å². The molecule has 0 amide bonds. The lowest BCUT2D eigenvalue weighted by Crippen LogP contribution is -2.09. The predicted molar refractivity (Wildman–Crippen MR) is 68.5 cm³/mol. The number of nitrogens with two attached hydrogens (primary N) is 1. The highest BCUT2D eigenvalue weighted by Crippen LogP contribution is 2.36. The number of aliphatic hydroxyl groups is 1. The molecule has 4 heteroatoms. The molecule has 1 heterocycles. The van der Waals surface area contributed by atoms with Gasteiger partial charge < -0.3 is 15.6 Å². The van der Waals surface area contributed by atoms with Gasteiger partial charge in [0.05, 0.1) is 12.7 Å². The molecule has 0 bridgehead atoms. The first-order valence-corrected chi connectivity index (χ1v) is 6.43. The summed E-state index contributed by atoms with van der Waals surface area (Å²) >= 11 is 6.08. The van der Waals surface area contributed by atoms with E-state index in [9.17, 15) is 5.11 Å². The molecule has 3 nitrogen and oxygen atoms in total. The predicted octanol–water partition coefficient (Wildman–Crippen LogP) is 2.44. The average Bonchev–Trinajstić information content (AvgIpc) is 2.53. The van der Waals surface area contributed by atoms with Gasteiger partial charge in [-0.25, -0.2) is 0 Å². The Morgan fingerprint density at radius 3 is 3.00 bits per heavy atom. The number of aliphatic hydroxyl groups excluding tert-OH is 1. The lowest BCUT2D eigenvalue weighted by Gasteiger charge is -2.17. The number of aryl methyl sites for hydroxylation is 1. The van der Waals surface area contributed by atoms with E-state index in [1.54, 1.807) is 6.07 Å². The van der Waals surface area contributed by atoms with Crippen LogP contribution in [0.4, 0.5) is 0 Å². The number of hydrogen-bond donors (Lipinski definition) is 2. The first-order chi connectivity index (χ1) is 8.22. The van der Waals surface area contributed by atoms with Crippen LogP contribution < -0.4 is 10.5 Å². The van der Waals surface area contributed by atoms with Crippen molar-refractivity contribution < 1.29 is 9.84 Å². The maximum Gasteiger partial charge on any atom is 0.128 e. The molecule has 0 fully saturated rings. The van der Waals surface area contributed by atoms with E-state index in [0.717, 1.165) is 36.1 Å². The zero-order valence-electron chi connectivity index (χ0n) is 9.79. The third-order valence-corrected chi connectivity index (χ3v) is 3.26. The maximum absolute atomic E-state index is 10.1. The van der Waals surface area contributed by atoms with Crippen molar-refractivity contribution in [2.45, 2.75) is 31.8 Å². The van der Waals surface area contributed by atoms with Gasteiger partial charge in [-0.2, -0.15) is 0 Å². The smallest absolute Gasteiger partial charge is 0.128 e. The SMILES string of the molecule is NCCC(O)c1cc(Cl)cc2c1OCCCC2. The molecule has 0 spiro atoms. The van der Waals surface area contributed by atoms with Crippen molar-refractivity contribution in [3.63, 3.8) is 0 Å². The molecule has 0 saturated heterocycles. The van der Waals surface area contributed by atoms with Crippen LogP contribution in [0.25, 0.3) is 0 Å². The first-order valence-electron chi connectivity index (χ1n) is 6.05. The highest BCUT2D eigenvalue weighted by Gasteiger charge is 2.19. The molecule has 17 heavy (non-hydrogen) atoms. The Kier molecular flexibility index (Phi) is 4.26. The minimum atomic E-state index is -0.592. The summed E-state index contributed by atoms with van der Waals surface area (Å²) in [6.07, 6.45) is 3.03. The minimum Gasteiger partial charge on any atom is -0.493 e. The van der Waals surface area contributed by atoms with Crippen LogP contribution in [-0.2, 0) is 6.42 Å². The second-order valence-corrected chi connectivity index (χ2v) is 4.82. The Balaban J connectivity index is 2.39. The summed E-state index contributed by atoms with van der Waals surface area (Å²) in [5.41, 5.74) is 7.35. The summed E-state index contributed by atoms with van der Waals surface area (Å²) in [5, 5.41) is 10.7. The number of fused-ring (bicyclic) bond motifs is 1. The van der Waals surface area contributed by atoms with Crippen molar-refractivity contribution in [1.29, 1.82) is 0 Å². The standard InChI is InChI=1S/C13H18ClNO2/c14-10-7-9-3-1-2-6-17-13(9)11(8-10)12(16)4-5-15/h7-8,12,16H,1-6,15H2. The molecule has 1 aliphatic heterocycles. The van der Waals surface area contributed by atoms with Crippen molar-refractivity contribution >= 4 is 11.6 Å². The normalized spacial score (nSPS) is 16.9. The van der Waals surface area contributed by atoms with Crippen LogP contribution in [0.5, 0.6) is 5.75 Å². The van der Waals surface area contributed by atoms with E-state index in [1.165, 1.54) is 0 Å². The molecular weight excluding hydrogens is 238 g/mol. The van der Waals surface area contributed by atoms with Crippen LogP contribution in [0.2, 0.25) is 5.02 Å². The molecule has 2 rings (SSSR count). The summed E-state index contributed by atoms with van der Waals surface area (Å²) in [4.78, 5) is 0. The lowest BCUT2D eigenvalue weighted by molar-refractivity contribution is 0.164. The van der Waals surface area contributed by atoms with Crippen LogP contribution >= 0.6 is 11.6 Å². The fourth-order valence-corrected chi connectivity index (χ4v) is 2.44. The molecule has 0 aliphatic carbocycles. The minimum absolute atomic E-state index is 0.447. The van der Waals surface area contributed by atoms with Gasteiger partial charge in [-0.15, -0.1) is 0 Å². The van der Waals surface area contributed by atoms with Crippen LogP contribution in [0.15, 0.2) is 12.1 Å². The van der Waals surface area contributed by atoms with Crippen LogP contribution in [0, 0.1) is 0 Å². The third kappa shape index (κ3) is 2.92. The molecule has 1 unspecified atom stereocenters. The number of ether oxygens (including phenoxy) is 1. The molecule has 1 aromatic rings. The van der Waals surface area contributed by atoms with Gasteiger partial charge in [0, 0.05) is 10.6 Å². The highest BCUT2D eigenvalue weighted by molar-refractivity contribution is 6.30. The second-order valence-electron chi connectivity index (χ2n) is 4.38. The van der Waals surface area contributed by atoms with E-state index in [1.807, 2.05) is 6.07 Å². The van der Waals surface area contributed by atoms with Gasteiger partial charge in [0.25, 0.3) is 0 Å². The van der Waals surface area contributed by atoms with E-state index in [0.29, 0.717) is 24.6 Å². The quantitative estimate of drug-likeness (QED) is 0.872. The largest absolute Gasteiger partial charge is 0.493 e. The molecule has 1 aliphatic rings. The second kappa shape index (κ2) is 5.71. The maximum atomic E-state index is 10.1. The molecule has 0 radical (unpaired) electrons. The van der Waals surface area contributed by atoms with Crippen LogP contribution in [-0.4, -0.2) is 18.3 Å². The third-order valence-electron chi connectivity index (χ3n) is 3.05. The highest BCUT2D eigenvalue weighted by atomic mass is 35.5. The molecule has 0 saturated carbocycles. The van der Waals surface area contributed by atoms with Crippen molar-refractivity contribution in [2.75, 3.05) is 13.2 Å². The molecule has 0 aromatic heterocycles. The van der Waals surface area contributed by atoms with E-state index in [-0.39, 0.29) is 0 Å². The van der Waals surface area contributed by atoms with Crippen molar-refractivity contribution in [3.05, 3.63) is 28.3 Å². The van der Waals surface area contributed by atoms with Gasteiger partial charge >= 0.3 is 0 Å². The van der Waals surface area contributed by atoms with Crippen molar-refractivity contribution in [3.8, 4) is 5.75 Å². The molecule has 1 atom stereocenters. The van der Waals surface area contributed by atoms with Gasteiger partial charge in [0.2, 0.25) is 0 Å². The summed E-state index contributed by atoms with van der Waals surface area (Å²) in [6.45, 7) is 1.15. The zero-order chi connectivity index (χ0) is 12.3. The van der Waals surface area contributed by atoms with Gasteiger partial charge in [0.15, 0.2) is 0 Å². The molecular formula is C13H18ClNO2. The Bertz CT molecular complexity index is 395. The Hall–Kier alpha value is -0.770. The van der Waals surface area contributed by atoms with Crippen molar-refractivity contribution in [1.82, 2.24) is 0 Å². The summed E-state index contributed by atoms with van der Waals surface area (Å²) < 4.78 is 5.74. The van der Waals surface area contributed by atoms with Crippen molar-refractivity contribution in [2.24, 2.45) is 5.73 Å². The molecule has 3 N–H and O–H groups in total. The van der Waals surface area contributed by atoms with Crippen LogP contribution in [0.1, 0.15) is 36.5 Å².